The van der Waals surface area contributed by atoms with Crippen LogP contribution in [0.15, 0.2) is 18.2 Å². The maximum Gasteiger partial charge on any atom is 0.320 e. The molecular weight excluding hydrogens is 232 g/mol. The molecule has 0 heterocycles. The largest absolute Gasteiger partial charge is 0.480 e. The van der Waals surface area contributed by atoms with Crippen molar-refractivity contribution in [2.45, 2.75) is 26.8 Å². The summed E-state index contributed by atoms with van der Waals surface area (Å²) < 4.78 is 0. The highest BCUT2D eigenvalue weighted by molar-refractivity contribution is 5.93. The Hall–Kier alpha value is -1.88. The van der Waals surface area contributed by atoms with Gasteiger partial charge >= 0.3 is 5.97 Å². The van der Waals surface area contributed by atoms with Crippen LogP contribution in [0.25, 0.3) is 0 Å². The highest BCUT2D eigenvalue weighted by Gasteiger charge is 2.12. The van der Waals surface area contributed by atoms with Gasteiger partial charge in [0.2, 0.25) is 5.91 Å². The van der Waals surface area contributed by atoms with Gasteiger partial charge in [-0.15, -0.1) is 0 Å². The molecule has 0 bridgehead atoms. The van der Waals surface area contributed by atoms with Crippen LogP contribution in [0.2, 0.25) is 0 Å². The highest BCUT2D eigenvalue weighted by Crippen LogP contribution is 2.15. The average Bonchev–Trinajstić information content (AvgIpc) is 2.29. The predicted octanol–water partition coefficient (Wildman–Crippen LogP) is 1.30. The number of benzene rings is 1. The Kier molecular flexibility index (Phi) is 4.85. The lowest BCUT2D eigenvalue weighted by Crippen LogP contribution is -2.39. The van der Waals surface area contributed by atoms with Crippen molar-refractivity contribution in [2.75, 3.05) is 11.9 Å². The van der Waals surface area contributed by atoms with Crippen molar-refractivity contribution in [3.63, 3.8) is 0 Å². The number of carbonyl (C=O) groups excluding carboxylic acids is 1. The van der Waals surface area contributed by atoms with E-state index in [1.54, 1.807) is 0 Å². The van der Waals surface area contributed by atoms with E-state index in [2.05, 4.69) is 10.6 Å². The van der Waals surface area contributed by atoms with Gasteiger partial charge in [0, 0.05) is 5.69 Å². The first kappa shape index (κ1) is 14.2. The molecule has 1 rings (SSSR count). The Morgan fingerprint density at radius 3 is 2.56 bits per heavy atom. The fraction of sp³-hybridized carbons (Fsp3) is 0.385. The number of aliphatic carboxylic acids is 1. The molecule has 1 atom stereocenters. The Morgan fingerprint density at radius 2 is 2.00 bits per heavy atom. The lowest BCUT2D eigenvalue weighted by Gasteiger charge is -2.11. The number of carboxylic acid groups (broad SMARTS) is 1. The lowest BCUT2D eigenvalue weighted by molar-refractivity contribution is -0.139. The monoisotopic (exact) mass is 250 g/mol. The number of carboxylic acids is 1. The van der Waals surface area contributed by atoms with Gasteiger partial charge in [0.25, 0.3) is 0 Å². The highest BCUT2D eigenvalue weighted by atomic mass is 16.4. The minimum atomic E-state index is -0.977. The van der Waals surface area contributed by atoms with Crippen molar-refractivity contribution < 1.29 is 14.7 Å². The first-order chi connectivity index (χ1) is 8.40. The number of nitrogens with one attached hydrogen (secondary N) is 2. The number of carbonyl (C=O) groups is 2. The molecule has 0 unspecified atom stereocenters. The number of hydrogen-bond donors (Lipinski definition) is 3. The smallest absolute Gasteiger partial charge is 0.320 e. The number of hydrogen-bond acceptors (Lipinski definition) is 3. The third-order valence-electron chi connectivity index (χ3n) is 2.60. The Balaban J connectivity index is 2.52. The van der Waals surface area contributed by atoms with Gasteiger partial charge in [-0.3, -0.25) is 14.9 Å². The van der Waals surface area contributed by atoms with Crippen LogP contribution in [-0.4, -0.2) is 29.6 Å². The molecule has 1 amide bonds. The minimum Gasteiger partial charge on any atom is -0.480 e. The standard InChI is InChI=1S/C13H18N2O3/c1-8-4-5-11(9(2)6-8)15-12(16)7-14-10(3)13(17)18/h4-6,10,14H,7H2,1-3H3,(H,15,16)(H,17,18)/t10-/m1/s1. The third kappa shape index (κ3) is 4.18. The normalized spacial score (nSPS) is 11.9. The first-order valence-electron chi connectivity index (χ1n) is 5.73. The SMILES string of the molecule is Cc1ccc(NC(=O)CN[C@H](C)C(=O)O)c(C)c1. The second-order valence-electron chi connectivity index (χ2n) is 4.31. The zero-order valence-electron chi connectivity index (χ0n) is 10.8. The molecule has 1 aromatic carbocycles. The van der Waals surface area contributed by atoms with Gasteiger partial charge in [0.05, 0.1) is 6.54 Å². The molecule has 0 saturated heterocycles. The molecule has 0 aliphatic heterocycles. The van der Waals surface area contributed by atoms with Gasteiger partial charge in [0.15, 0.2) is 0 Å². The van der Waals surface area contributed by atoms with Gasteiger partial charge in [-0.1, -0.05) is 17.7 Å². The quantitative estimate of drug-likeness (QED) is 0.736. The van der Waals surface area contributed by atoms with E-state index < -0.39 is 12.0 Å². The van der Waals surface area contributed by atoms with E-state index in [0.717, 1.165) is 16.8 Å². The minimum absolute atomic E-state index is 0.0270. The van der Waals surface area contributed by atoms with E-state index >= 15 is 0 Å². The molecule has 98 valence electrons. The molecule has 0 radical (unpaired) electrons. The lowest BCUT2D eigenvalue weighted by atomic mass is 10.1. The summed E-state index contributed by atoms with van der Waals surface area (Å²) in [5, 5.41) is 14.0. The summed E-state index contributed by atoms with van der Waals surface area (Å²) in [5.74, 6) is -1.23. The van der Waals surface area contributed by atoms with Gasteiger partial charge in [-0.25, -0.2) is 0 Å². The molecule has 0 aromatic heterocycles. The maximum absolute atomic E-state index is 11.6. The number of anilines is 1. The Morgan fingerprint density at radius 1 is 1.33 bits per heavy atom. The third-order valence-corrected chi connectivity index (χ3v) is 2.60. The van der Waals surface area contributed by atoms with Crippen molar-refractivity contribution in [2.24, 2.45) is 0 Å². The van der Waals surface area contributed by atoms with Crippen molar-refractivity contribution in [1.82, 2.24) is 5.32 Å². The van der Waals surface area contributed by atoms with Crippen LogP contribution in [0, 0.1) is 13.8 Å². The summed E-state index contributed by atoms with van der Waals surface area (Å²) >= 11 is 0. The van der Waals surface area contributed by atoms with Crippen LogP contribution in [-0.2, 0) is 9.59 Å². The van der Waals surface area contributed by atoms with E-state index in [4.69, 9.17) is 5.11 Å². The van der Waals surface area contributed by atoms with Crippen LogP contribution < -0.4 is 10.6 Å². The van der Waals surface area contributed by atoms with Gasteiger partial charge in [-0.2, -0.15) is 0 Å². The Bertz CT molecular complexity index is 458. The predicted molar refractivity (Wildman–Crippen MR) is 69.6 cm³/mol. The fourth-order valence-electron chi connectivity index (χ4n) is 1.48. The topological polar surface area (TPSA) is 78.4 Å². The van der Waals surface area contributed by atoms with Crippen molar-refractivity contribution in [1.29, 1.82) is 0 Å². The van der Waals surface area contributed by atoms with Crippen LogP contribution in [0.1, 0.15) is 18.1 Å². The molecule has 0 aliphatic rings. The van der Waals surface area contributed by atoms with Crippen LogP contribution in [0.5, 0.6) is 0 Å². The zero-order valence-corrected chi connectivity index (χ0v) is 10.8. The average molecular weight is 250 g/mol. The number of aryl methyl sites for hydroxylation is 2. The van der Waals surface area contributed by atoms with Crippen molar-refractivity contribution >= 4 is 17.6 Å². The summed E-state index contributed by atoms with van der Waals surface area (Å²) in [6, 6.07) is 4.98. The number of amides is 1. The van der Waals surface area contributed by atoms with Crippen LogP contribution >= 0.6 is 0 Å². The van der Waals surface area contributed by atoms with Crippen molar-refractivity contribution in [3.8, 4) is 0 Å². The van der Waals surface area contributed by atoms with E-state index in [1.807, 2.05) is 32.0 Å². The molecule has 1 aromatic rings. The molecule has 0 fully saturated rings. The molecule has 0 saturated carbocycles. The second-order valence-corrected chi connectivity index (χ2v) is 4.31. The summed E-state index contributed by atoms with van der Waals surface area (Å²) in [6.45, 7) is 5.36. The molecule has 3 N–H and O–H groups in total. The van der Waals surface area contributed by atoms with E-state index in [9.17, 15) is 9.59 Å². The summed E-state index contributed by atoms with van der Waals surface area (Å²) in [5.41, 5.74) is 2.85. The molecule has 0 aliphatic carbocycles. The van der Waals surface area contributed by atoms with Crippen molar-refractivity contribution in [3.05, 3.63) is 29.3 Å². The molecule has 0 spiro atoms. The zero-order chi connectivity index (χ0) is 13.7. The maximum atomic E-state index is 11.6. The first-order valence-corrected chi connectivity index (χ1v) is 5.73. The van der Waals surface area contributed by atoms with Crippen LogP contribution in [0.3, 0.4) is 0 Å². The Labute approximate surface area is 106 Å². The summed E-state index contributed by atoms with van der Waals surface area (Å²) in [7, 11) is 0. The molecule has 18 heavy (non-hydrogen) atoms. The molecular formula is C13H18N2O3. The summed E-state index contributed by atoms with van der Waals surface area (Å²) in [4.78, 5) is 22.2. The van der Waals surface area contributed by atoms with Crippen LogP contribution in [0.4, 0.5) is 5.69 Å². The van der Waals surface area contributed by atoms with Gasteiger partial charge in [-0.05, 0) is 32.4 Å². The summed E-state index contributed by atoms with van der Waals surface area (Å²) in [6.07, 6.45) is 0. The molecule has 5 nitrogen and oxygen atoms in total. The van der Waals surface area contributed by atoms with Gasteiger partial charge in [0.1, 0.15) is 6.04 Å². The second kappa shape index (κ2) is 6.16. The van der Waals surface area contributed by atoms with E-state index in [1.165, 1.54) is 6.92 Å². The van der Waals surface area contributed by atoms with Gasteiger partial charge < -0.3 is 10.4 Å². The fourth-order valence-corrected chi connectivity index (χ4v) is 1.48. The molecule has 5 heteroatoms. The number of rotatable bonds is 5. The van der Waals surface area contributed by atoms with E-state index in [0.29, 0.717) is 0 Å². The van der Waals surface area contributed by atoms with E-state index in [-0.39, 0.29) is 12.5 Å².